The highest BCUT2D eigenvalue weighted by molar-refractivity contribution is 7.90. The van der Waals surface area contributed by atoms with Crippen molar-refractivity contribution in [1.82, 2.24) is 0 Å². The summed E-state index contributed by atoms with van der Waals surface area (Å²) >= 11 is 0. The minimum absolute atomic E-state index is 0.156. The second-order valence-electron chi connectivity index (χ2n) is 4.71. The standard InChI is InChI=1S/C12H14N2O2S/c1-17(15,16)11-6-9(2-3-10(11)14)7-12(8-13)4-5-12/h2-3,6H,4-5,7,14H2,1H3. The van der Waals surface area contributed by atoms with Crippen molar-refractivity contribution in [3.63, 3.8) is 0 Å². The van der Waals surface area contributed by atoms with Crippen molar-refractivity contribution in [2.24, 2.45) is 5.41 Å². The molecule has 17 heavy (non-hydrogen) atoms. The lowest BCUT2D eigenvalue weighted by molar-refractivity contribution is 0.601. The van der Waals surface area contributed by atoms with Gasteiger partial charge in [-0.25, -0.2) is 8.42 Å². The van der Waals surface area contributed by atoms with E-state index < -0.39 is 9.84 Å². The summed E-state index contributed by atoms with van der Waals surface area (Å²) in [6.07, 6.45) is 3.52. The number of anilines is 1. The molecule has 1 aliphatic rings. The van der Waals surface area contributed by atoms with Gasteiger partial charge in [0, 0.05) is 6.26 Å². The van der Waals surface area contributed by atoms with Crippen LogP contribution in [0.15, 0.2) is 23.1 Å². The van der Waals surface area contributed by atoms with Crippen LogP contribution < -0.4 is 5.73 Å². The molecule has 0 spiro atoms. The lowest BCUT2D eigenvalue weighted by Crippen LogP contribution is -2.06. The van der Waals surface area contributed by atoms with Crippen molar-refractivity contribution >= 4 is 15.5 Å². The molecule has 1 aliphatic carbocycles. The number of sulfone groups is 1. The number of nitrogens with zero attached hydrogens (tertiary/aromatic N) is 1. The van der Waals surface area contributed by atoms with E-state index in [1.807, 2.05) is 0 Å². The number of nitrogens with two attached hydrogens (primary N) is 1. The maximum Gasteiger partial charge on any atom is 0.177 e. The van der Waals surface area contributed by atoms with E-state index in [9.17, 15) is 8.42 Å². The van der Waals surface area contributed by atoms with Gasteiger partial charge in [-0.05, 0) is 37.0 Å². The van der Waals surface area contributed by atoms with Crippen LogP contribution in [-0.4, -0.2) is 14.7 Å². The average Bonchev–Trinajstić information content (AvgIpc) is 3.00. The van der Waals surface area contributed by atoms with Crippen LogP contribution in [0.4, 0.5) is 5.69 Å². The maximum atomic E-state index is 11.5. The number of benzene rings is 1. The first-order chi connectivity index (χ1) is 7.86. The highest BCUT2D eigenvalue weighted by atomic mass is 32.2. The van der Waals surface area contributed by atoms with Gasteiger partial charge < -0.3 is 5.73 Å². The number of rotatable bonds is 3. The molecule has 0 amide bonds. The molecule has 0 saturated heterocycles. The van der Waals surface area contributed by atoms with Crippen LogP contribution >= 0.6 is 0 Å². The van der Waals surface area contributed by atoms with E-state index in [4.69, 9.17) is 11.0 Å². The Kier molecular flexibility index (Phi) is 2.63. The molecule has 0 radical (unpaired) electrons. The van der Waals surface area contributed by atoms with E-state index in [-0.39, 0.29) is 16.0 Å². The smallest absolute Gasteiger partial charge is 0.177 e. The number of hydrogen-bond acceptors (Lipinski definition) is 4. The van der Waals surface area contributed by atoms with E-state index in [0.29, 0.717) is 6.42 Å². The fourth-order valence-corrected chi connectivity index (χ4v) is 2.74. The molecule has 0 aromatic heterocycles. The summed E-state index contributed by atoms with van der Waals surface area (Å²) in [5.41, 5.74) is 6.49. The predicted octanol–water partition coefficient (Wildman–Crippen LogP) is 1.52. The SMILES string of the molecule is CS(=O)(=O)c1cc(CC2(C#N)CC2)ccc1N. The minimum atomic E-state index is -3.31. The summed E-state index contributed by atoms with van der Waals surface area (Å²) < 4.78 is 23.0. The third-order valence-electron chi connectivity index (χ3n) is 3.11. The Labute approximate surface area is 101 Å². The molecule has 4 nitrogen and oxygen atoms in total. The predicted molar refractivity (Wildman–Crippen MR) is 64.9 cm³/mol. The molecular weight excluding hydrogens is 236 g/mol. The third-order valence-corrected chi connectivity index (χ3v) is 4.26. The lowest BCUT2D eigenvalue weighted by atomic mass is 9.98. The normalized spacial score (nSPS) is 17.4. The Hall–Kier alpha value is -1.54. The molecule has 0 bridgehead atoms. The van der Waals surface area contributed by atoms with Crippen molar-refractivity contribution in [3.8, 4) is 6.07 Å². The van der Waals surface area contributed by atoms with Gasteiger partial charge in [-0.15, -0.1) is 0 Å². The van der Waals surface area contributed by atoms with Gasteiger partial charge in [0.25, 0.3) is 0 Å². The van der Waals surface area contributed by atoms with E-state index >= 15 is 0 Å². The van der Waals surface area contributed by atoms with Crippen LogP contribution in [0.2, 0.25) is 0 Å². The molecule has 90 valence electrons. The summed E-state index contributed by atoms with van der Waals surface area (Å²) in [5.74, 6) is 0. The highest BCUT2D eigenvalue weighted by Gasteiger charge is 2.43. The summed E-state index contributed by atoms with van der Waals surface area (Å²) in [5, 5.41) is 9.01. The Balaban J connectivity index is 2.36. The molecule has 0 heterocycles. The van der Waals surface area contributed by atoms with E-state index in [0.717, 1.165) is 24.7 Å². The van der Waals surface area contributed by atoms with Gasteiger partial charge >= 0.3 is 0 Å². The van der Waals surface area contributed by atoms with Gasteiger partial charge in [-0.3, -0.25) is 0 Å². The molecule has 5 heteroatoms. The molecule has 2 rings (SSSR count). The quantitative estimate of drug-likeness (QED) is 0.824. The van der Waals surface area contributed by atoms with Gasteiger partial charge in [-0.2, -0.15) is 5.26 Å². The van der Waals surface area contributed by atoms with Crippen LogP contribution in [0.25, 0.3) is 0 Å². The molecule has 2 N–H and O–H groups in total. The van der Waals surface area contributed by atoms with Gasteiger partial charge in [0.2, 0.25) is 0 Å². The highest BCUT2D eigenvalue weighted by Crippen LogP contribution is 2.47. The van der Waals surface area contributed by atoms with Crippen molar-refractivity contribution in [2.75, 3.05) is 12.0 Å². The first-order valence-corrected chi connectivity index (χ1v) is 7.25. The first kappa shape index (κ1) is 11.9. The molecule has 0 atom stereocenters. The number of nitrogen functional groups attached to an aromatic ring is 1. The second-order valence-corrected chi connectivity index (χ2v) is 6.70. The van der Waals surface area contributed by atoms with Crippen molar-refractivity contribution in [1.29, 1.82) is 5.26 Å². The van der Waals surface area contributed by atoms with Gasteiger partial charge in [0.05, 0.1) is 22.1 Å². The molecular formula is C12H14N2O2S. The van der Waals surface area contributed by atoms with Crippen LogP contribution in [-0.2, 0) is 16.3 Å². The van der Waals surface area contributed by atoms with Gasteiger partial charge in [0.1, 0.15) is 0 Å². The average molecular weight is 250 g/mol. The topological polar surface area (TPSA) is 84.0 Å². The maximum absolute atomic E-state index is 11.5. The van der Waals surface area contributed by atoms with E-state index in [1.54, 1.807) is 18.2 Å². The third kappa shape index (κ3) is 2.42. The number of hydrogen-bond donors (Lipinski definition) is 1. The fourth-order valence-electron chi connectivity index (χ4n) is 1.88. The molecule has 1 fully saturated rings. The minimum Gasteiger partial charge on any atom is -0.398 e. The van der Waals surface area contributed by atoms with Crippen LogP contribution in [0.3, 0.4) is 0 Å². The van der Waals surface area contributed by atoms with Crippen molar-refractivity contribution in [2.45, 2.75) is 24.2 Å². The van der Waals surface area contributed by atoms with Gasteiger partial charge in [-0.1, -0.05) is 6.07 Å². The summed E-state index contributed by atoms with van der Waals surface area (Å²) in [7, 11) is -3.31. The van der Waals surface area contributed by atoms with Crippen molar-refractivity contribution < 1.29 is 8.42 Å². The zero-order chi connectivity index (χ0) is 12.7. The Morgan fingerprint density at radius 2 is 2.12 bits per heavy atom. The summed E-state index contributed by atoms with van der Waals surface area (Å²) in [6.45, 7) is 0. The van der Waals surface area contributed by atoms with E-state index in [1.165, 1.54) is 0 Å². The lowest BCUT2D eigenvalue weighted by Gasteiger charge is -2.09. The molecule has 1 aromatic carbocycles. The largest absolute Gasteiger partial charge is 0.398 e. The Morgan fingerprint density at radius 1 is 1.47 bits per heavy atom. The Bertz CT molecular complexity index is 595. The van der Waals surface area contributed by atoms with Crippen LogP contribution in [0.1, 0.15) is 18.4 Å². The summed E-state index contributed by atoms with van der Waals surface area (Å²) in [6, 6.07) is 7.27. The fraction of sp³-hybridized carbons (Fsp3) is 0.417. The van der Waals surface area contributed by atoms with Crippen LogP contribution in [0, 0.1) is 16.7 Å². The monoisotopic (exact) mass is 250 g/mol. The van der Waals surface area contributed by atoms with E-state index in [2.05, 4.69) is 6.07 Å². The molecule has 0 unspecified atom stereocenters. The van der Waals surface area contributed by atoms with Gasteiger partial charge in [0.15, 0.2) is 9.84 Å². The second kappa shape index (κ2) is 3.74. The molecule has 1 saturated carbocycles. The number of nitriles is 1. The summed E-state index contributed by atoms with van der Waals surface area (Å²) in [4.78, 5) is 0.156. The molecule has 1 aromatic rings. The van der Waals surface area contributed by atoms with Crippen LogP contribution in [0.5, 0.6) is 0 Å². The molecule has 0 aliphatic heterocycles. The first-order valence-electron chi connectivity index (χ1n) is 5.36. The zero-order valence-electron chi connectivity index (χ0n) is 9.60. The van der Waals surface area contributed by atoms with Crippen molar-refractivity contribution in [3.05, 3.63) is 23.8 Å². The Morgan fingerprint density at radius 3 is 2.59 bits per heavy atom. The zero-order valence-corrected chi connectivity index (χ0v) is 10.4.